The maximum atomic E-state index is 12.7. The Morgan fingerprint density at radius 2 is 0.625 bits per heavy atom. The Balaban J connectivity index is 3.78. The molecular weight excluding hydrogens is 592 g/mol. The van der Waals surface area contributed by atoms with Crippen LogP contribution >= 0.6 is 0 Å². The molecule has 0 aliphatic carbocycles. The fourth-order valence-corrected chi connectivity index (χ4v) is 7.07. The van der Waals surface area contributed by atoms with Crippen molar-refractivity contribution in [2.24, 2.45) is 0 Å². The average molecular weight is 679 g/mol. The number of rotatable bonds is 41. The van der Waals surface area contributed by atoms with Crippen LogP contribution in [0, 0.1) is 0 Å². The van der Waals surface area contributed by atoms with Crippen molar-refractivity contribution in [2.75, 3.05) is 0 Å². The summed E-state index contributed by atoms with van der Waals surface area (Å²) in [6, 6.07) is 0. The molecule has 0 radical (unpaired) electrons. The van der Waals surface area contributed by atoms with Crippen LogP contribution in [0.25, 0.3) is 0 Å². The molecule has 0 spiro atoms. The van der Waals surface area contributed by atoms with Gasteiger partial charge in [0.05, 0.1) is 0 Å². The van der Waals surface area contributed by atoms with Gasteiger partial charge < -0.3 is 9.84 Å². The molecule has 0 saturated carbocycles. The maximum Gasteiger partial charge on any atom is 0.306 e. The Kier molecular flexibility index (Phi) is 39.5. The molecule has 4 nitrogen and oxygen atoms in total. The Labute approximate surface area is 301 Å². The topological polar surface area (TPSA) is 63.6 Å². The van der Waals surface area contributed by atoms with Gasteiger partial charge in [-0.15, -0.1) is 0 Å². The van der Waals surface area contributed by atoms with Crippen LogP contribution in [-0.4, -0.2) is 23.1 Å². The van der Waals surface area contributed by atoms with E-state index in [1.54, 1.807) is 0 Å². The van der Waals surface area contributed by atoms with Gasteiger partial charge in [-0.3, -0.25) is 9.59 Å². The van der Waals surface area contributed by atoms with E-state index in [1.807, 2.05) is 0 Å². The van der Waals surface area contributed by atoms with Crippen LogP contribution in [0.3, 0.4) is 0 Å². The first-order valence-electron chi connectivity index (χ1n) is 22.0. The highest BCUT2D eigenvalue weighted by Crippen LogP contribution is 2.19. The number of carboxylic acid groups (broad SMARTS) is 1. The predicted molar refractivity (Wildman–Crippen MR) is 209 cm³/mol. The zero-order valence-electron chi connectivity index (χ0n) is 32.8. The van der Waals surface area contributed by atoms with E-state index in [2.05, 4.69) is 13.8 Å². The smallest absolute Gasteiger partial charge is 0.306 e. The fourth-order valence-electron chi connectivity index (χ4n) is 7.07. The van der Waals surface area contributed by atoms with Gasteiger partial charge in [-0.2, -0.15) is 0 Å². The van der Waals surface area contributed by atoms with Crippen molar-refractivity contribution < 1.29 is 19.4 Å². The first-order valence-corrected chi connectivity index (χ1v) is 22.0. The summed E-state index contributed by atoms with van der Waals surface area (Å²) in [6.07, 6.45) is 48.5. The average Bonchev–Trinajstić information content (AvgIpc) is 3.07. The number of carboxylic acids is 1. The molecule has 0 amide bonds. The van der Waals surface area contributed by atoms with Gasteiger partial charge in [-0.1, -0.05) is 213 Å². The van der Waals surface area contributed by atoms with Crippen molar-refractivity contribution in [3.8, 4) is 0 Å². The largest absolute Gasteiger partial charge is 0.481 e. The van der Waals surface area contributed by atoms with Crippen LogP contribution in [-0.2, 0) is 14.3 Å². The highest BCUT2D eigenvalue weighted by Gasteiger charge is 2.14. The normalized spacial score (nSPS) is 12.0. The van der Waals surface area contributed by atoms with E-state index in [-0.39, 0.29) is 18.5 Å². The standard InChI is InChI=1S/C44H86O4/c1-3-5-7-9-11-13-15-16-17-18-19-20-21-22-23-24-25-27-29-31-37-41-44(47)48-42(39-35-32-33-36-40-43(45)46)38-34-30-28-26-14-12-10-8-6-4-2/h42H,3-41H2,1-2H3,(H,45,46). The number of hydrogen-bond donors (Lipinski definition) is 1. The first kappa shape index (κ1) is 46.9. The summed E-state index contributed by atoms with van der Waals surface area (Å²) in [7, 11) is 0. The summed E-state index contributed by atoms with van der Waals surface area (Å²) in [5.74, 6) is -0.709. The van der Waals surface area contributed by atoms with Gasteiger partial charge in [-0.25, -0.2) is 0 Å². The number of unbranched alkanes of at least 4 members (excludes halogenated alkanes) is 32. The van der Waals surface area contributed by atoms with Gasteiger partial charge in [-0.05, 0) is 38.5 Å². The molecule has 1 atom stereocenters. The second-order valence-corrected chi connectivity index (χ2v) is 15.3. The van der Waals surface area contributed by atoms with Crippen LogP contribution in [0.2, 0.25) is 0 Å². The van der Waals surface area contributed by atoms with Crippen molar-refractivity contribution in [3.63, 3.8) is 0 Å². The lowest BCUT2D eigenvalue weighted by molar-refractivity contribution is -0.150. The molecule has 0 saturated heterocycles. The SMILES string of the molecule is CCCCCCCCCCCCCCCCCCCCCCCC(=O)OC(CCCCCCCCCCCC)CCCCCCC(=O)O. The monoisotopic (exact) mass is 679 g/mol. The van der Waals surface area contributed by atoms with E-state index in [1.165, 1.54) is 180 Å². The van der Waals surface area contributed by atoms with E-state index in [0.717, 1.165) is 57.8 Å². The summed E-state index contributed by atoms with van der Waals surface area (Å²) in [6.45, 7) is 4.57. The van der Waals surface area contributed by atoms with Gasteiger partial charge in [0.15, 0.2) is 0 Å². The molecule has 4 heteroatoms. The molecule has 0 bridgehead atoms. The lowest BCUT2D eigenvalue weighted by Gasteiger charge is -2.18. The van der Waals surface area contributed by atoms with Gasteiger partial charge in [0, 0.05) is 12.8 Å². The molecule has 0 aliphatic rings. The summed E-state index contributed by atoms with van der Waals surface area (Å²) in [4.78, 5) is 23.4. The maximum absolute atomic E-state index is 12.7. The number of esters is 1. The molecule has 0 fully saturated rings. The second-order valence-electron chi connectivity index (χ2n) is 15.3. The zero-order chi connectivity index (χ0) is 35.0. The molecule has 1 N–H and O–H groups in total. The fraction of sp³-hybridized carbons (Fsp3) is 0.955. The van der Waals surface area contributed by atoms with Crippen molar-refractivity contribution >= 4 is 11.9 Å². The molecule has 0 aromatic heterocycles. The Morgan fingerprint density at radius 1 is 0.375 bits per heavy atom. The zero-order valence-corrected chi connectivity index (χ0v) is 32.8. The van der Waals surface area contributed by atoms with Gasteiger partial charge >= 0.3 is 11.9 Å². The highest BCUT2D eigenvalue weighted by atomic mass is 16.5. The minimum Gasteiger partial charge on any atom is -0.481 e. The summed E-state index contributed by atoms with van der Waals surface area (Å²) >= 11 is 0. The van der Waals surface area contributed by atoms with Crippen molar-refractivity contribution in [2.45, 2.75) is 270 Å². The molecular formula is C44H86O4. The molecule has 48 heavy (non-hydrogen) atoms. The third-order valence-electron chi connectivity index (χ3n) is 10.3. The van der Waals surface area contributed by atoms with Crippen LogP contribution in [0.5, 0.6) is 0 Å². The first-order chi connectivity index (χ1) is 23.6. The molecule has 0 aliphatic heterocycles. The number of ether oxygens (including phenoxy) is 1. The molecule has 0 aromatic carbocycles. The Bertz CT molecular complexity index is 648. The van der Waals surface area contributed by atoms with E-state index in [0.29, 0.717) is 6.42 Å². The van der Waals surface area contributed by atoms with Gasteiger partial charge in [0.1, 0.15) is 6.10 Å². The molecule has 286 valence electrons. The summed E-state index contributed by atoms with van der Waals surface area (Å²) in [5, 5.41) is 8.86. The van der Waals surface area contributed by atoms with E-state index in [9.17, 15) is 9.59 Å². The molecule has 0 heterocycles. The Morgan fingerprint density at radius 3 is 0.917 bits per heavy atom. The summed E-state index contributed by atoms with van der Waals surface area (Å²) < 4.78 is 5.99. The van der Waals surface area contributed by atoms with Crippen LogP contribution in [0.4, 0.5) is 0 Å². The number of aliphatic carboxylic acids is 1. The predicted octanol–water partition coefficient (Wildman–Crippen LogP) is 15.2. The third-order valence-corrected chi connectivity index (χ3v) is 10.3. The van der Waals surface area contributed by atoms with Crippen LogP contribution < -0.4 is 0 Å². The van der Waals surface area contributed by atoms with E-state index < -0.39 is 5.97 Å². The second kappa shape index (κ2) is 40.4. The van der Waals surface area contributed by atoms with Crippen LogP contribution in [0.1, 0.15) is 264 Å². The molecule has 1 unspecified atom stereocenters. The molecule has 0 rings (SSSR count). The van der Waals surface area contributed by atoms with E-state index >= 15 is 0 Å². The van der Waals surface area contributed by atoms with Crippen molar-refractivity contribution in [1.82, 2.24) is 0 Å². The van der Waals surface area contributed by atoms with Crippen molar-refractivity contribution in [3.05, 3.63) is 0 Å². The van der Waals surface area contributed by atoms with Gasteiger partial charge in [0.2, 0.25) is 0 Å². The summed E-state index contributed by atoms with van der Waals surface area (Å²) in [5.41, 5.74) is 0. The number of carbonyl (C=O) groups is 2. The van der Waals surface area contributed by atoms with Crippen LogP contribution in [0.15, 0.2) is 0 Å². The van der Waals surface area contributed by atoms with E-state index in [4.69, 9.17) is 9.84 Å². The minimum absolute atomic E-state index is 0.00392. The third kappa shape index (κ3) is 39.4. The quantitative estimate of drug-likeness (QED) is 0.0516. The Hall–Kier alpha value is -1.06. The minimum atomic E-state index is -0.706. The number of hydrogen-bond acceptors (Lipinski definition) is 3. The lowest BCUT2D eigenvalue weighted by atomic mass is 10.0. The molecule has 0 aromatic rings. The highest BCUT2D eigenvalue weighted by molar-refractivity contribution is 5.69. The lowest BCUT2D eigenvalue weighted by Crippen LogP contribution is -2.18. The number of carbonyl (C=O) groups excluding carboxylic acids is 1. The van der Waals surface area contributed by atoms with Crippen molar-refractivity contribution in [1.29, 1.82) is 0 Å². The van der Waals surface area contributed by atoms with Gasteiger partial charge in [0.25, 0.3) is 0 Å².